The summed E-state index contributed by atoms with van der Waals surface area (Å²) in [4.78, 5) is 22.3. The van der Waals surface area contributed by atoms with Crippen molar-refractivity contribution in [1.82, 2.24) is 10.2 Å². The van der Waals surface area contributed by atoms with Crippen LogP contribution in [-0.4, -0.2) is 22.1 Å². The summed E-state index contributed by atoms with van der Waals surface area (Å²) in [7, 11) is 0. The molecule has 0 fully saturated rings. The number of unbranched alkanes of at least 4 members (excludes halogenated alkanes) is 1. The fourth-order valence-corrected chi connectivity index (χ4v) is 1.19. The molecule has 0 aliphatic heterocycles. The zero-order chi connectivity index (χ0) is 12.0. The van der Waals surface area contributed by atoms with Gasteiger partial charge in [0.25, 0.3) is 5.56 Å². The fourth-order valence-electron chi connectivity index (χ4n) is 1.19. The molecule has 1 atom stereocenters. The van der Waals surface area contributed by atoms with Crippen molar-refractivity contribution in [3.8, 4) is 0 Å². The first-order valence-corrected chi connectivity index (χ1v) is 5.25. The van der Waals surface area contributed by atoms with Gasteiger partial charge in [-0.2, -0.15) is 5.10 Å². The first-order valence-electron chi connectivity index (χ1n) is 5.25. The number of amides is 1. The molecule has 4 N–H and O–H groups in total. The van der Waals surface area contributed by atoms with E-state index in [1.165, 1.54) is 12.1 Å². The van der Waals surface area contributed by atoms with Crippen LogP contribution in [0.3, 0.4) is 0 Å². The number of aromatic nitrogens is 2. The molecule has 6 nitrogen and oxygen atoms in total. The fraction of sp³-hybridized carbons (Fsp3) is 0.500. The first kappa shape index (κ1) is 12.4. The van der Waals surface area contributed by atoms with Crippen molar-refractivity contribution in [3.63, 3.8) is 0 Å². The summed E-state index contributed by atoms with van der Waals surface area (Å²) in [5.41, 5.74) is 5.36. The van der Waals surface area contributed by atoms with E-state index < -0.39 is 6.04 Å². The average molecular weight is 224 g/mol. The molecular weight excluding hydrogens is 208 g/mol. The van der Waals surface area contributed by atoms with Gasteiger partial charge in [-0.05, 0) is 12.5 Å². The number of anilines is 1. The summed E-state index contributed by atoms with van der Waals surface area (Å²) in [5, 5.41) is 8.41. The number of aromatic amines is 1. The van der Waals surface area contributed by atoms with E-state index in [2.05, 4.69) is 15.5 Å². The van der Waals surface area contributed by atoms with E-state index in [1.807, 2.05) is 6.92 Å². The van der Waals surface area contributed by atoms with E-state index >= 15 is 0 Å². The Hall–Kier alpha value is -1.69. The van der Waals surface area contributed by atoms with Crippen LogP contribution in [-0.2, 0) is 4.79 Å². The third-order valence-electron chi connectivity index (χ3n) is 2.14. The van der Waals surface area contributed by atoms with Crippen LogP contribution < -0.4 is 16.6 Å². The molecule has 0 aliphatic rings. The van der Waals surface area contributed by atoms with Crippen molar-refractivity contribution in [2.45, 2.75) is 32.2 Å². The summed E-state index contributed by atoms with van der Waals surface area (Å²) in [6.07, 6.45) is 2.55. The second-order valence-corrected chi connectivity index (χ2v) is 3.54. The Kier molecular flexibility index (Phi) is 4.65. The lowest BCUT2D eigenvalue weighted by Crippen LogP contribution is -2.35. The largest absolute Gasteiger partial charge is 0.320 e. The van der Waals surface area contributed by atoms with Gasteiger partial charge < -0.3 is 11.1 Å². The van der Waals surface area contributed by atoms with E-state index in [-0.39, 0.29) is 11.5 Å². The minimum Gasteiger partial charge on any atom is -0.320 e. The van der Waals surface area contributed by atoms with E-state index in [0.717, 1.165) is 12.8 Å². The number of nitrogens with zero attached hydrogens (tertiary/aromatic N) is 1. The molecule has 0 aromatic carbocycles. The van der Waals surface area contributed by atoms with Crippen LogP contribution in [0.1, 0.15) is 26.2 Å². The van der Waals surface area contributed by atoms with E-state index in [9.17, 15) is 9.59 Å². The van der Waals surface area contributed by atoms with Crippen LogP contribution in [0.5, 0.6) is 0 Å². The number of carbonyl (C=O) groups excluding carboxylic acids is 1. The highest BCUT2D eigenvalue weighted by molar-refractivity contribution is 5.93. The molecule has 1 aromatic heterocycles. The smallest absolute Gasteiger partial charge is 0.264 e. The van der Waals surface area contributed by atoms with Gasteiger partial charge in [0, 0.05) is 6.07 Å². The molecule has 0 saturated heterocycles. The van der Waals surface area contributed by atoms with Crippen LogP contribution in [0.25, 0.3) is 0 Å². The lowest BCUT2D eigenvalue weighted by atomic mass is 10.1. The lowest BCUT2D eigenvalue weighted by Gasteiger charge is -2.10. The number of hydrogen-bond donors (Lipinski definition) is 3. The van der Waals surface area contributed by atoms with Gasteiger partial charge in [-0.3, -0.25) is 9.59 Å². The Morgan fingerprint density at radius 3 is 2.94 bits per heavy atom. The highest BCUT2D eigenvalue weighted by Gasteiger charge is 2.13. The minimum absolute atomic E-state index is 0.284. The van der Waals surface area contributed by atoms with Gasteiger partial charge in [0.1, 0.15) is 0 Å². The number of hydrogen-bond acceptors (Lipinski definition) is 4. The molecule has 0 aliphatic carbocycles. The molecule has 0 saturated carbocycles. The van der Waals surface area contributed by atoms with Crippen molar-refractivity contribution in [1.29, 1.82) is 0 Å². The molecule has 1 aromatic rings. The maximum atomic E-state index is 11.5. The standard InChI is InChI=1S/C10H16N4O2/c1-2-3-4-7(11)10(16)12-8-5-6-9(15)14-13-8/h5-7H,2-4,11H2,1H3,(H,14,15)(H,12,13,16). The Labute approximate surface area is 93.2 Å². The van der Waals surface area contributed by atoms with Crippen LogP contribution in [0.2, 0.25) is 0 Å². The minimum atomic E-state index is -0.534. The predicted octanol–water partition coefficient (Wildman–Crippen LogP) is 0.226. The molecule has 1 heterocycles. The number of nitrogens with two attached hydrogens (primary N) is 1. The monoisotopic (exact) mass is 224 g/mol. The third kappa shape index (κ3) is 3.82. The van der Waals surface area contributed by atoms with Gasteiger partial charge in [-0.15, -0.1) is 0 Å². The van der Waals surface area contributed by atoms with Gasteiger partial charge in [-0.1, -0.05) is 19.8 Å². The molecule has 1 amide bonds. The third-order valence-corrected chi connectivity index (χ3v) is 2.14. The molecule has 16 heavy (non-hydrogen) atoms. The number of carbonyl (C=O) groups is 1. The molecular formula is C10H16N4O2. The van der Waals surface area contributed by atoms with Crippen LogP contribution in [0.4, 0.5) is 5.82 Å². The van der Waals surface area contributed by atoms with E-state index in [0.29, 0.717) is 12.2 Å². The quantitative estimate of drug-likeness (QED) is 0.666. The Morgan fingerprint density at radius 2 is 2.38 bits per heavy atom. The number of nitrogens with one attached hydrogen (secondary N) is 2. The second kappa shape index (κ2) is 6.02. The lowest BCUT2D eigenvalue weighted by molar-refractivity contribution is -0.117. The maximum Gasteiger partial charge on any atom is 0.264 e. The summed E-state index contributed by atoms with van der Waals surface area (Å²) in [6, 6.07) is 2.19. The summed E-state index contributed by atoms with van der Waals surface area (Å²) >= 11 is 0. The number of rotatable bonds is 5. The van der Waals surface area contributed by atoms with Gasteiger partial charge in [0.15, 0.2) is 5.82 Å². The first-order chi connectivity index (χ1) is 7.63. The van der Waals surface area contributed by atoms with Crippen LogP contribution in [0, 0.1) is 0 Å². The highest BCUT2D eigenvalue weighted by Crippen LogP contribution is 2.02. The topological polar surface area (TPSA) is 101 Å². The summed E-state index contributed by atoms with van der Waals surface area (Å²) < 4.78 is 0. The Balaban J connectivity index is 2.50. The Morgan fingerprint density at radius 1 is 1.62 bits per heavy atom. The summed E-state index contributed by atoms with van der Waals surface area (Å²) in [5.74, 6) is 0.0181. The average Bonchev–Trinajstić information content (AvgIpc) is 2.29. The predicted molar refractivity (Wildman–Crippen MR) is 61.0 cm³/mol. The molecule has 0 radical (unpaired) electrons. The SMILES string of the molecule is CCCCC(N)C(=O)Nc1ccc(=O)[nH]n1. The van der Waals surface area contributed by atoms with Crippen molar-refractivity contribution in [2.75, 3.05) is 5.32 Å². The molecule has 6 heteroatoms. The summed E-state index contributed by atoms with van der Waals surface area (Å²) in [6.45, 7) is 2.04. The Bertz CT molecular complexity index is 382. The highest BCUT2D eigenvalue weighted by atomic mass is 16.2. The van der Waals surface area contributed by atoms with Crippen LogP contribution in [0.15, 0.2) is 16.9 Å². The molecule has 1 unspecified atom stereocenters. The van der Waals surface area contributed by atoms with E-state index in [4.69, 9.17) is 5.73 Å². The maximum absolute atomic E-state index is 11.5. The van der Waals surface area contributed by atoms with Gasteiger partial charge in [-0.25, -0.2) is 5.10 Å². The van der Waals surface area contributed by atoms with Gasteiger partial charge in [0.05, 0.1) is 6.04 Å². The van der Waals surface area contributed by atoms with Crippen molar-refractivity contribution < 1.29 is 4.79 Å². The second-order valence-electron chi connectivity index (χ2n) is 3.54. The zero-order valence-corrected chi connectivity index (χ0v) is 9.19. The van der Waals surface area contributed by atoms with E-state index in [1.54, 1.807) is 0 Å². The molecule has 1 rings (SSSR count). The van der Waals surface area contributed by atoms with Crippen molar-refractivity contribution in [2.24, 2.45) is 5.73 Å². The number of H-pyrrole nitrogens is 1. The van der Waals surface area contributed by atoms with Crippen molar-refractivity contribution >= 4 is 11.7 Å². The molecule has 0 spiro atoms. The molecule has 0 bridgehead atoms. The van der Waals surface area contributed by atoms with Gasteiger partial charge in [0.2, 0.25) is 5.91 Å². The van der Waals surface area contributed by atoms with Crippen LogP contribution >= 0.6 is 0 Å². The normalized spacial score (nSPS) is 12.1. The van der Waals surface area contributed by atoms with Crippen molar-refractivity contribution in [3.05, 3.63) is 22.5 Å². The zero-order valence-electron chi connectivity index (χ0n) is 9.19. The van der Waals surface area contributed by atoms with Gasteiger partial charge >= 0.3 is 0 Å². The molecule has 88 valence electrons.